The van der Waals surface area contributed by atoms with E-state index in [0.29, 0.717) is 0 Å². The molecule has 1 heterocycles. The Hall–Kier alpha value is -2.13. The van der Waals surface area contributed by atoms with Gasteiger partial charge in [-0.15, -0.1) is 5.10 Å². The van der Waals surface area contributed by atoms with Crippen LogP contribution in [-0.4, -0.2) is 45.1 Å². The Balaban J connectivity index is 1.99. The van der Waals surface area contributed by atoms with Gasteiger partial charge in [0.15, 0.2) is 5.69 Å². The number of halogens is 3. The van der Waals surface area contributed by atoms with Crippen LogP contribution in [0.4, 0.5) is 13.2 Å². The molecule has 1 aliphatic rings. The second kappa shape index (κ2) is 6.78. The number of amides is 2. The van der Waals surface area contributed by atoms with Crippen molar-refractivity contribution in [3.8, 4) is 0 Å². The highest BCUT2D eigenvalue weighted by atomic mass is 19.4. The first-order valence-corrected chi connectivity index (χ1v) is 7.61. The minimum Gasteiger partial charge on any atom is -0.349 e. The number of rotatable bonds is 6. The van der Waals surface area contributed by atoms with Crippen LogP contribution in [0.3, 0.4) is 0 Å². The Bertz CT molecular complexity index is 612. The molecule has 1 fully saturated rings. The van der Waals surface area contributed by atoms with Crippen molar-refractivity contribution in [2.45, 2.75) is 44.3 Å². The predicted octanol–water partition coefficient (Wildman–Crippen LogP) is 1.17. The maximum Gasteiger partial charge on any atom is 0.397 e. The highest BCUT2D eigenvalue weighted by Crippen LogP contribution is 2.36. The molecule has 0 saturated heterocycles. The van der Waals surface area contributed by atoms with Crippen LogP contribution >= 0.6 is 0 Å². The van der Waals surface area contributed by atoms with E-state index in [9.17, 15) is 22.8 Å². The summed E-state index contributed by atoms with van der Waals surface area (Å²) >= 11 is 0. The van der Waals surface area contributed by atoms with Gasteiger partial charge in [-0.2, -0.15) is 13.2 Å². The summed E-state index contributed by atoms with van der Waals surface area (Å²) in [6.45, 7) is 1.68. The summed E-state index contributed by atoms with van der Waals surface area (Å²) in [6.07, 6.45) is -2.12. The second-order valence-electron chi connectivity index (χ2n) is 6.35. The van der Waals surface area contributed by atoms with E-state index >= 15 is 0 Å². The lowest BCUT2D eigenvalue weighted by Crippen LogP contribution is -2.60. The topological polar surface area (TPSA) is 88.9 Å². The van der Waals surface area contributed by atoms with Crippen LogP contribution < -0.4 is 10.6 Å². The number of aromatic nitrogens is 3. The van der Waals surface area contributed by atoms with Gasteiger partial charge in [-0.1, -0.05) is 11.6 Å². The van der Waals surface area contributed by atoms with Crippen LogP contribution in [0, 0.1) is 5.92 Å². The van der Waals surface area contributed by atoms with Crippen molar-refractivity contribution in [3.05, 3.63) is 11.9 Å². The van der Waals surface area contributed by atoms with E-state index in [-0.39, 0.29) is 18.2 Å². The number of carbonyl (C=O) groups excluding carboxylic acids is 2. The molecule has 1 aliphatic carbocycles. The first-order chi connectivity index (χ1) is 11.1. The Morgan fingerprint density at radius 2 is 2.04 bits per heavy atom. The molecule has 10 heteroatoms. The summed E-state index contributed by atoms with van der Waals surface area (Å²) in [6, 6.07) is 0. The van der Waals surface area contributed by atoms with Crippen molar-refractivity contribution < 1.29 is 22.8 Å². The quantitative estimate of drug-likeness (QED) is 0.809. The molecule has 134 valence electrons. The molecule has 7 nitrogen and oxygen atoms in total. The lowest BCUT2D eigenvalue weighted by Gasteiger charge is -2.43. The molecule has 2 N–H and O–H groups in total. The molecule has 1 aromatic rings. The van der Waals surface area contributed by atoms with Gasteiger partial charge >= 0.3 is 6.18 Å². The number of hydrogen-bond acceptors (Lipinski definition) is 4. The Kier molecular flexibility index (Phi) is 5.14. The first kappa shape index (κ1) is 18.2. The predicted molar refractivity (Wildman–Crippen MR) is 77.9 cm³/mol. The van der Waals surface area contributed by atoms with Crippen molar-refractivity contribution in [2.24, 2.45) is 13.0 Å². The highest BCUT2D eigenvalue weighted by molar-refractivity contribution is 5.91. The third-order valence-electron chi connectivity index (χ3n) is 4.24. The molecule has 0 aromatic carbocycles. The zero-order valence-electron chi connectivity index (χ0n) is 13.5. The van der Waals surface area contributed by atoms with E-state index in [4.69, 9.17) is 0 Å². The van der Waals surface area contributed by atoms with Crippen molar-refractivity contribution in [3.63, 3.8) is 0 Å². The molecule has 0 radical (unpaired) electrons. The number of carbonyl (C=O) groups is 2. The minimum absolute atomic E-state index is 0.0245. The lowest BCUT2D eigenvalue weighted by molar-refractivity contribution is -0.155. The first-order valence-electron chi connectivity index (χ1n) is 7.61. The van der Waals surface area contributed by atoms with Crippen molar-refractivity contribution in [2.75, 3.05) is 6.54 Å². The normalized spacial score (nSPS) is 17.7. The van der Waals surface area contributed by atoms with E-state index < -0.39 is 30.0 Å². The summed E-state index contributed by atoms with van der Waals surface area (Å²) in [4.78, 5) is 23.7. The van der Waals surface area contributed by atoms with E-state index in [1.54, 1.807) is 14.0 Å². The monoisotopic (exact) mass is 347 g/mol. The third kappa shape index (κ3) is 4.68. The maximum atomic E-state index is 12.4. The van der Waals surface area contributed by atoms with Crippen molar-refractivity contribution >= 4 is 11.8 Å². The fraction of sp³-hybridized carbons (Fsp3) is 0.714. The van der Waals surface area contributed by atoms with Gasteiger partial charge in [-0.25, -0.2) is 0 Å². The van der Waals surface area contributed by atoms with E-state index in [1.165, 1.54) is 10.9 Å². The van der Waals surface area contributed by atoms with Gasteiger partial charge in [0.25, 0.3) is 5.91 Å². The summed E-state index contributed by atoms with van der Waals surface area (Å²) in [5.74, 6) is -1.55. The number of nitrogens with one attached hydrogen (secondary N) is 2. The van der Waals surface area contributed by atoms with Gasteiger partial charge < -0.3 is 10.6 Å². The van der Waals surface area contributed by atoms with Gasteiger partial charge in [-0.3, -0.25) is 14.3 Å². The molecule has 0 aliphatic heterocycles. The van der Waals surface area contributed by atoms with E-state index in [2.05, 4.69) is 20.9 Å². The summed E-state index contributed by atoms with van der Waals surface area (Å²) in [5.41, 5.74) is -0.826. The highest BCUT2D eigenvalue weighted by Gasteiger charge is 2.41. The molecule has 1 aromatic heterocycles. The molecular formula is C14H20F3N5O2. The number of alkyl halides is 3. The maximum absolute atomic E-state index is 12.4. The van der Waals surface area contributed by atoms with Gasteiger partial charge in [0.05, 0.1) is 11.7 Å². The summed E-state index contributed by atoms with van der Waals surface area (Å²) in [7, 11) is 1.61. The largest absolute Gasteiger partial charge is 0.397 e. The molecule has 1 atom stereocenters. The fourth-order valence-corrected chi connectivity index (χ4v) is 2.69. The van der Waals surface area contributed by atoms with Crippen molar-refractivity contribution in [1.29, 1.82) is 0 Å². The zero-order chi connectivity index (χ0) is 18.0. The molecule has 1 saturated carbocycles. The smallest absolute Gasteiger partial charge is 0.349 e. The van der Waals surface area contributed by atoms with Gasteiger partial charge in [0, 0.05) is 13.6 Å². The van der Waals surface area contributed by atoms with Crippen LogP contribution in [0.15, 0.2) is 6.20 Å². The van der Waals surface area contributed by atoms with Crippen LogP contribution in [0.5, 0.6) is 0 Å². The van der Waals surface area contributed by atoms with Gasteiger partial charge in [0.2, 0.25) is 5.91 Å². The minimum atomic E-state index is -4.56. The van der Waals surface area contributed by atoms with E-state index in [1.807, 2.05) is 0 Å². The zero-order valence-corrected chi connectivity index (χ0v) is 13.5. The number of aryl methyl sites for hydroxylation is 1. The molecular weight excluding hydrogens is 327 g/mol. The summed E-state index contributed by atoms with van der Waals surface area (Å²) < 4.78 is 38.5. The van der Waals surface area contributed by atoms with Crippen LogP contribution in [0.25, 0.3) is 0 Å². The van der Waals surface area contributed by atoms with Crippen LogP contribution in [-0.2, 0) is 11.8 Å². The average Bonchev–Trinajstić information content (AvgIpc) is 2.78. The fourth-order valence-electron chi connectivity index (χ4n) is 2.69. The molecule has 2 rings (SSSR count). The van der Waals surface area contributed by atoms with E-state index in [0.717, 1.165) is 19.3 Å². The van der Waals surface area contributed by atoms with Gasteiger partial charge in [0.1, 0.15) is 6.42 Å². The third-order valence-corrected chi connectivity index (χ3v) is 4.24. The molecule has 0 spiro atoms. The molecule has 2 amide bonds. The lowest BCUT2D eigenvalue weighted by atomic mass is 9.71. The SMILES string of the molecule is Cn1cc(C(=O)NCC(C)(NC(=O)CC(F)(F)F)C2CCC2)nn1. The molecule has 0 bridgehead atoms. The van der Waals surface area contributed by atoms with Crippen LogP contribution in [0.1, 0.15) is 43.1 Å². The number of nitrogens with zero attached hydrogens (tertiary/aromatic N) is 3. The Morgan fingerprint density at radius 3 is 2.50 bits per heavy atom. The average molecular weight is 347 g/mol. The second-order valence-corrected chi connectivity index (χ2v) is 6.35. The molecule has 24 heavy (non-hydrogen) atoms. The van der Waals surface area contributed by atoms with Crippen LogP contribution in [0.2, 0.25) is 0 Å². The molecule has 1 unspecified atom stereocenters. The number of hydrogen-bond donors (Lipinski definition) is 2. The summed E-state index contributed by atoms with van der Waals surface area (Å²) in [5, 5.41) is 12.4. The Labute approximate surface area is 137 Å². The standard InChI is InChI=1S/C14H20F3N5O2/c1-13(9-4-3-5-9,19-11(23)6-14(15,16)17)8-18-12(24)10-7-22(2)21-20-10/h7,9H,3-6,8H2,1-2H3,(H,18,24)(H,19,23). The van der Waals surface area contributed by atoms with Gasteiger partial charge in [-0.05, 0) is 25.7 Å². The van der Waals surface area contributed by atoms with Crippen molar-refractivity contribution in [1.82, 2.24) is 25.6 Å². The Morgan fingerprint density at radius 1 is 1.38 bits per heavy atom.